The van der Waals surface area contributed by atoms with Crippen LogP contribution in [0.5, 0.6) is 0 Å². The lowest BCUT2D eigenvalue weighted by Gasteiger charge is -2.10. The van der Waals surface area contributed by atoms with Gasteiger partial charge in [-0.3, -0.25) is 9.59 Å². The van der Waals surface area contributed by atoms with E-state index in [1.807, 2.05) is 31.2 Å². The first-order valence-electron chi connectivity index (χ1n) is 8.27. The third kappa shape index (κ3) is 5.21. The second-order valence-electron chi connectivity index (χ2n) is 6.10. The van der Waals surface area contributed by atoms with Crippen molar-refractivity contribution in [3.63, 3.8) is 0 Å². The van der Waals surface area contributed by atoms with Gasteiger partial charge in [0.1, 0.15) is 0 Å². The predicted molar refractivity (Wildman–Crippen MR) is 128 cm³/mol. The number of carbonyl (C=O) groups is 2. The number of benzene rings is 3. The molecule has 28 heavy (non-hydrogen) atoms. The Labute approximate surface area is 193 Å². The standard InChI is InChI=1S/C21H15Br2IN2O2/c1-12-3-2-4-13(9-12)20(27)25-15-5-7-16(8-6-15)26-21(28)17-10-14(22)11-18(23)19(17)24/h2-11H,1H3,(H,25,27)(H,26,28). The number of amides is 2. The zero-order valence-electron chi connectivity index (χ0n) is 14.7. The Hall–Kier alpha value is -1.71. The van der Waals surface area contributed by atoms with Crippen molar-refractivity contribution in [1.82, 2.24) is 0 Å². The second kappa shape index (κ2) is 9.19. The van der Waals surface area contributed by atoms with Crippen molar-refractivity contribution in [2.24, 2.45) is 0 Å². The molecule has 0 bridgehead atoms. The predicted octanol–water partition coefficient (Wildman–Crippen LogP) is 6.63. The van der Waals surface area contributed by atoms with Crippen molar-refractivity contribution < 1.29 is 9.59 Å². The van der Waals surface area contributed by atoms with Crippen LogP contribution in [0.3, 0.4) is 0 Å². The van der Waals surface area contributed by atoms with E-state index < -0.39 is 0 Å². The summed E-state index contributed by atoms with van der Waals surface area (Å²) >= 11 is 8.98. The van der Waals surface area contributed by atoms with Crippen molar-refractivity contribution in [2.75, 3.05) is 10.6 Å². The summed E-state index contributed by atoms with van der Waals surface area (Å²) in [5.41, 5.74) is 3.50. The fourth-order valence-electron chi connectivity index (χ4n) is 2.55. The van der Waals surface area contributed by atoms with E-state index >= 15 is 0 Å². The number of carbonyl (C=O) groups excluding carboxylic acids is 2. The van der Waals surface area contributed by atoms with Crippen LogP contribution in [0.1, 0.15) is 26.3 Å². The lowest BCUT2D eigenvalue weighted by atomic mass is 10.1. The molecule has 0 aliphatic carbocycles. The van der Waals surface area contributed by atoms with E-state index in [4.69, 9.17) is 0 Å². The number of aryl methyl sites for hydroxylation is 1. The van der Waals surface area contributed by atoms with Crippen LogP contribution >= 0.6 is 54.5 Å². The van der Waals surface area contributed by atoms with E-state index in [0.717, 1.165) is 18.1 Å². The summed E-state index contributed by atoms with van der Waals surface area (Å²) in [5.74, 6) is -0.378. The summed E-state index contributed by atoms with van der Waals surface area (Å²) in [4.78, 5) is 24.9. The zero-order chi connectivity index (χ0) is 20.3. The Morgan fingerprint density at radius 1 is 0.857 bits per heavy atom. The molecule has 2 amide bonds. The molecule has 0 heterocycles. The lowest BCUT2D eigenvalue weighted by Crippen LogP contribution is -2.14. The first-order chi connectivity index (χ1) is 13.3. The number of anilines is 2. The van der Waals surface area contributed by atoms with Gasteiger partial charge in [0.2, 0.25) is 0 Å². The number of nitrogens with one attached hydrogen (secondary N) is 2. The minimum atomic E-state index is -0.206. The third-order valence-electron chi connectivity index (χ3n) is 3.92. The maximum atomic E-state index is 12.6. The van der Waals surface area contributed by atoms with Gasteiger partial charge in [0.25, 0.3) is 11.8 Å². The molecular weight excluding hydrogens is 599 g/mol. The minimum Gasteiger partial charge on any atom is -0.322 e. The molecule has 3 aromatic rings. The van der Waals surface area contributed by atoms with Gasteiger partial charge < -0.3 is 10.6 Å². The lowest BCUT2D eigenvalue weighted by molar-refractivity contribution is 0.101. The average Bonchev–Trinajstić information content (AvgIpc) is 2.66. The number of hydrogen-bond acceptors (Lipinski definition) is 2. The van der Waals surface area contributed by atoms with Gasteiger partial charge in [-0.25, -0.2) is 0 Å². The molecule has 4 nitrogen and oxygen atoms in total. The Kier molecular flexibility index (Phi) is 6.90. The van der Waals surface area contributed by atoms with E-state index in [2.05, 4.69) is 65.1 Å². The number of halogens is 3. The van der Waals surface area contributed by atoms with Crippen LogP contribution < -0.4 is 10.6 Å². The van der Waals surface area contributed by atoms with E-state index in [0.29, 0.717) is 22.5 Å². The van der Waals surface area contributed by atoms with Gasteiger partial charge in [-0.2, -0.15) is 0 Å². The first-order valence-corrected chi connectivity index (χ1v) is 10.9. The number of rotatable bonds is 4. The number of hydrogen-bond donors (Lipinski definition) is 2. The molecule has 0 unspecified atom stereocenters. The molecule has 0 saturated heterocycles. The molecule has 3 rings (SSSR count). The minimum absolute atomic E-state index is 0.172. The SMILES string of the molecule is Cc1cccc(C(=O)Nc2ccc(NC(=O)c3cc(Br)cc(Br)c3I)cc2)c1. The molecule has 7 heteroatoms. The normalized spacial score (nSPS) is 10.4. The highest BCUT2D eigenvalue weighted by Gasteiger charge is 2.14. The molecule has 3 aromatic carbocycles. The van der Waals surface area contributed by atoms with Crippen LogP contribution in [0.25, 0.3) is 0 Å². The molecule has 0 aromatic heterocycles. The summed E-state index contributed by atoms with van der Waals surface area (Å²) in [6.45, 7) is 1.94. The highest BCUT2D eigenvalue weighted by Crippen LogP contribution is 2.28. The summed E-state index contributed by atoms with van der Waals surface area (Å²) in [6, 6.07) is 18.1. The molecule has 0 aliphatic rings. The molecule has 0 fully saturated rings. The van der Waals surface area contributed by atoms with E-state index in [-0.39, 0.29) is 11.8 Å². The van der Waals surface area contributed by atoms with Gasteiger partial charge in [0.05, 0.1) is 5.56 Å². The van der Waals surface area contributed by atoms with Crippen LogP contribution in [-0.4, -0.2) is 11.8 Å². The van der Waals surface area contributed by atoms with Gasteiger partial charge in [-0.05, 0) is 94.0 Å². The van der Waals surface area contributed by atoms with E-state index in [1.165, 1.54) is 0 Å². The Bertz CT molecular complexity index is 1050. The summed E-state index contributed by atoms with van der Waals surface area (Å²) in [6.07, 6.45) is 0. The van der Waals surface area contributed by atoms with Crippen molar-refractivity contribution >= 4 is 77.6 Å². The molecule has 0 radical (unpaired) electrons. The van der Waals surface area contributed by atoms with Gasteiger partial charge in [-0.15, -0.1) is 0 Å². The van der Waals surface area contributed by atoms with Crippen molar-refractivity contribution in [1.29, 1.82) is 0 Å². The van der Waals surface area contributed by atoms with Crippen LogP contribution in [0, 0.1) is 10.5 Å². The highest BCUT2D eigenvalue weighted by molar-refractivity contribution is 14.1. The fraction of sp³-hybridized carbons (Fsp3) is 0.0476. The molecule has 0 saturated carbocycles. The third-order valence-corrected chi connectivity index (χ3v) is 6.91. The monoisotopic (exact) mass is 612 g/mol. The van der Waals surface area contributed by atoms with Crippen molar-refractivity contribution in [3.8, 4) is 0 Å². The summed E-state index contributed by atoms with van der Waals surface area (Å²) in [5, 5.41) is 5.73. The quantitative estimate of drug-likeness (QED) is 0.256. The topological polar surface area (TPSA) is 58.2 Å². The van der Waals surface area contributed by atoms with Gasteiger partial charge in [0, 0.05) is 29.5 Å². The Morgan fingerprint density at radius 3 is 2.07 bits per heavy atom. The molecule has 0 spiro atoms. The largest absolute Gasteiger partial charge is 0.322 e. The Balaban J connectivity index is 1.69. The van der Waals surface area contributed by atoms with E-state index in [1.54, 1.807) is 36.4 Å². The Morgan fingerprint density at radius 2 is 1.46 bits per heavy atom. The second-order valence-corrected chi connectivity index (χ2v) is 8.95. The molecule has 2 N–H and O–H groups in total. The zero-order valence-corrected chi connectivity index (χ0v) is 20.1. The average molecular weight is 614 g/mol. The molecule has 0 aliphatic heterocycles. The van der Waals surface area contributed by atoms with Crippen LogP contribution in [0.15, 0.2) is 69.6 Å². The maximum absolute atomic E-state index is 12.6. The maximum Gasteiger partial charge on any atom is 0.256 e. The van der Waals surface area contributed by atoms with Gasteiger partial charge in [0.15, 0.2) is 0 Å². The molecule has 0 atom stereocenters. The molecule has 142 valence electrons. The summed E-state index contributed by atoms with van der Waals surface area (Å²) < 4.78 is 2.50. The smallest absolute Gasteiger partial charge is 0.256 e. The van der Waals surface area contributed by atoms with Gasteiger partial charge >= 0.3 is 0 Å². The molecular formula is C21H15Br2IN2O2. The van der Waals surface area contributed by atoms with Crippen LogP contribution in [0.2, 0.25) is 0 Å². The first kappa shape index (κ1) is 21.0. The van der Waals surface area contributed by atoms with Gasteiger partial charge in [-0.1, -0.05) is 33.6 Å². The van der Waals surface area contributed by atoms with Crippen LogP contribution in [-0.2, 0) is 0 Å². The fourth-order valence-corrected chi connectivity index (χ4v) is 4.33. The van der Waals surface area contributed by atoms with Crippen LogP contribution in [0.4, 0.5) is 11.4 Å². The van der Waals surface area contributed by atoms with Crippen molar-refractivity contribution in [2.45, 2.75) is 6.92 Å². The highest BCUT2D eigenvalue weighted by atomic mass is 127. The summed E-state index contributed by atoms with van der Waals surface area (Å²) in [7, 11) is 0. The van der Waals surface area contributed by atoms with Crippen molar-refractivity contribution in [3.05, 3.63) is 89.9 Å². The van der Waals surface area contributed by atoms with E-state index in [9.17, 15) is 9.59 Å².